The van der Waals surface area contributed by atoms with Crippen molar-refractivity contribution < 1.29 is 9.53 Å². The number of nitrogens with one attached hydrogen (secondary N) is 1. The first-order valence-corrected chi connectivity index (χ1v) is 5.43. The van der Waals surface area contributed by atoms with E-state index >= 15 is 0 Å². The molecule has 1 aromatic carbocycles. The highest BCUT2D eigenvalue weighted by molar-refractivity contribution is 5.97. The van der Waals surface area contributed by atoms with E-state index in [0.717, 1.165) is 0 Å². The maximum absolute atomic E-state index is 12.0. The summed E-state index contributed by atoms with van der Waals surface area (Å²) < 4.78 is 5.20. The fourth-order valence-corrected chi connectivity index (χ4v) is 1.34. The number of nitrogens with zero attached hydrogens (tertiary/aromatic N) is 1. The fourth-order valence-electron chi connectivity index (χ4n) is 1.34. The minimum absolute atomic E-state index is 0.245. The number of hydrogen-bond donors (Lipinski definition) is 1. The number of benzene rings is 1. The molecule has 1 N–H and O–H groups in total. The summed E-state index contributed by atoms with van der Waals surface area (Å²) in [6.07, 6.45) is 0.560. The number of rotatable bonds is 4. The van der Waals surface area contributed by atoms with Gasteiger partial charge in [0, 0.05) is 7.11 Å². The van der Waals surface area contributed by atoms with Gasteiger partial charge in [-0.2, -0.15) is 5.26 Å². The molecule has 1 atom stereocenters. The number of carbonyl (C=O) groups is 1. The summed E-state index contributed by atoms with van der Waals surface area (Å²) >= 11 is 0. The molecule has 0 aromatic heterocycles. The van der Waals surface area contributed by atoms with Crippen LogP contribution in [0.25, 0.3) is 0 Å². The number of para-hydroxylation sites is 1. The number of nitriles is 1. The van der Waals surface area contributed by atoms with E-state index in [2.05, 4.69) is 5.32 Å². The van der Waals surface area contributed by atoms with Crippen molar-refractivity contribution >= 4 is 11.6 Å². The van der Waals surface area contributed by atoms with Gasteiger partial charge in [-0.15, -0.1) is 0 Å². The van der Waals surface area contributed by atoms with E-state index in [9.17, 15) is 4.79 Å². The Bertz CT molecular complexity index is 445. The summed E-state index contributed by atoms with van der Waals surface area (Å²) in [5, 5.41) is 11.6. The third kappa shape index (κ3) is 2.83. The number of carbonyl (C=O) groups excluding carboxylic acids is 1. The first kappa shape index (κ1) is 13.2. The van der Waals surface area contributed by atoms with Crippen molar-refractivity contribution in [2.45, 2.75) is 25.9 Å². The maximum atomic E-state index is 12.0. The van der Waals surface area contributed by atoms with Gasteiger partial charge in [0.05, 0.1) is 11.3 Å². The van der Waals surface area contributed by atoms with Crippen LogP contribution in [0, 0.1) is 11.3 Å². The second-order valence-corrected chi connectivity index (χ2v) is 3.90. The standard InChI is InChI=1S/C13H16N2O2/c1-4-13(2,17-3)12(16)15-11-8-6-5-7-10(11)9-14/h5-8H,4H2,1-3H3,(H,15,16). The molecule has 1 amide bonds. The smallest absolute Gasteiger partial charge is 0.256 e. The van der Waals surface area contributed by atoms with E-state index in [0.29, 0.717) is 17.7 Å². The Morgan fingerprint density at radius 1 is 1.53 bits per heavy atom. The van der Waals surface area contributed by atoms with Gasteiger partial charge < -0.3 is 10.1 Å². The summed E-state index contributed by atoms with van der Waals surface area (Å²) in [7, 11) is 1.50. The molecule has 0 spiro atoms. The van der Waals surface area contributed by atoms with E-state index in [4.69, 9.17) is 10.00 Å². The van der Waals surface area contributed by atoms with E-state index in [1.807, 2.05) is 13.0 Å². The molecule has 1 unspecified atom stereocenters. The third-order valence-electron chi connectivity index (χ3n) is 2.90. The van der Waals surface area contributed by atoms with Gasteiger partial charge in [-0.05, 0) is 25.5 Å². The number of methoxy groups -OCH3 is 1. The fraction of sp³-hybridized carbons (Fsp3) is 0.385. The lowest BCUT2D eigenvalue weighted by molar-refractivity contribution is -0.136. The Labute approximate surface area is 101 Å². The van der Waals surface area contributed by atoms with Crippen LogP contribution in [0.4, 0.5) is 5.69 Å². The van der Waals surface area contributed by atoms with Crippen LogP contribution >= 0.6 is 0 Å². The predicted octanol–water partition coefficient (Wildman–Crippen LogP) is 2.31. The molecule has 17 heavy (non-hydrogen) atoms. The van der Waals surface area contributed by atoms with Crippen LogP contribution in [0.15, 0.2) is 24.3 Å². The third-order valence-corrected chi connectivity index (χ3v) is 2.90. The van der Waals surface area contributed by atoms with Crippen molar-refractivity contribution in [2.75, 3.05) is 12.4 Å². The Morgan fingerprint density at radius 3 is 2.71 bits per heavy atom. The van der Waals surface area contributed by atoms with Gasteiger partial charge >= 0.3 is 0 Å². The quantitative estimate of drug-likeness (QED) is 0.866. The van der Waals surface area contributed by atoms with E-state index in [-0.39, 0.29) is 5.91 Å². The Balaban J connectivity index is 2.92. The molecule has 1 aromatic rings. The Morgan fingerprint density at radius 2 is 2.18 bits per heavy atom. The van der Waals surface area contributed by atoms with E-state index in [1.165, 1.54) is 7.11 Å². The van der Waals surface area contributed by atoms with Crippen molar-refractivity contribution in [3.63, 3.8) is 0 Å². The van der Waals surface area contributed by atoms with E-state index in [1.54, 1.807) is 31.2 Å². The summed E-state index contributed by atoms with van der Waals surface area (Å²) in [6.45, 7) is 3.59. The number of hydrogen-bond acceptors (Lipinski definition) is 3. The molecule has 0 fully saturated rings. The highest BCUT2D eigenvalue weighted by atomic mass is 16.5. The Kier molecular flexibility index (Phi) is 4.24. The largest absolute Gasteiger partial charge is 0.369 e. The molecule has 0 aliphatic rings. The summed E-state index contributed by atoms with van der Waals surface area (Å²) in [4.78, 5) is 12.0. The molecular formula is C13H16N2O2. The minimum atomic E-state index is -0.872. The number of anilines is 1. The molecule has 0 saturated heterocycles. The molecule has 1 rings (SSSR count). The van der Waals surface area contributed by atoms with Crippen LogP contribution in [-0.2, 0) is 9.53 Å². The van der Waals surface area contributed by atoms with Crippen LogP contribution < -0.4 is 5.32 Å². The summed E-state index contributed by atoms with van der Waals surface area (Å²) in [5.74, 6) is -0.245. The number of ether oxygens (including phenoxy) is 1. The molecule has 0 aliphatic heterocycles. The van der Waals surface area contributed by atoms with E-state index < -0.39 is 5.60 Å². The average Bonchev–Trinajstić information content (AvgIpc) is 2.38. The van der Waals surface area contributed by atoms with Gasteiger partial charge in [-0.3, -0.25) is 4.79 Å². The molecule has 0 heterocycles. The van der Waals surface area contributed by atoms with Crippen molar-refractivity contribution in [1.82, 2.24) is 0 Å². The molecule has 4 nitrogen and oxygen atoms in total. The van der Waals surface area contributed by atoms with Crippen LogP contribution in [0.5, 0.6) is 0 Å². The van der Waals surface area contributed by atoms with Crippen LogP contribution in [0.1, 0.15) is 25.8 Å². The molecule has 0 saturated carbocycles. The maximum Gasteiger partial charge on any atom is 0.256 e. The van der Waals surface area contributed by atoms with Gasteiger partial charge in [0.1, 0.15) is 11.7 Å². The highest BCUT2D eigenvalue weighted by Crippen LogP contribution is 2.19. The summed E-state index contributed by atoms with van der Waals surface area (Å²) in [5.41, 5.74) is 0.0786. The van der Waals surface area contributed by atoms with Crippen molar-refractivity contribution in [1.29, 1.82) is 5.26 Å². The number of amides is 1. The lowest BCUT2D eigenvalue weighted by atomic mass is 10.0. The molecular weight excluding hydrogens is 216 g/mol. The van der Waals surface area contributed by atoms with Gasteiger partial charge in [0.2, 0.25) is 0 Å². The van der Waals surface area contributed by atoms with Gasteiger partial charge in [-0.25, -0.2) is 0 Å². The topological polar surface area (TPSA) is 62.1 Å². The molecule has 0 aliphatic carbocycles. The Hall–Kier alpha value is -1.86. The van der Waals surface area contributed by atoms with Crippen LogP contribution in [0.2, 0.25) is 0 Å². The van der Waals surface area contributed by atoms with Gasteiger partial charge in [-0.1, -0.05) is 19.1 Å². The zero-order chi connectivity index (χ0) is 12.9. The highest BCUT2D eigenvalue weighted by Gasteiger charge is 2.31. The zero-order valence-corrected chi connectivity index (χ0v) is 10.3. The van der Waals surface area contributed by atoms with Crippen LogP contribution in [0.3, 0.4) is 0 Å². The molecule has 0 bridgehead atoms. The minimum Gasteiger partial charge on any atom is -0.369 e. The van der Waals surface area contributed by atoms with Crippen molar-refractivity contribution in [3.8, 4) is 6.07 Å². The zero-order valence-electron chi connectivity index (χ0n) is 10.3. The lowest BCUT2D eigenvalue weighted by Crippen LogP contribution is -2.41. The molecule has 4 heteroatoms. The first-order chi connectivity index (χ1) is 8.07. The first-order valence-electron chi connectivity index (χ1n) is 5.43. The van der Waals surface area contributed by atoms with Gasteiger partial charge in [0.15, 0.2) is 0 Å². The second kappa shape index (κ2) is 5.46. The van der Waals surface area contributed by atoms with Crippen molar-refractivity contribution in [3.05, 3.63) is 29.8 Å². The van der Waals surface area contributed by atoms with Crippen LogP contribution in [-0.4, -0.2) is 18.6 Å². The summed E-state index contributed by atoms with van der Waals surface area (Å²) in [6, 6.07) is 8.91. The van der Waals surface area contributed by atoms with Gasteiger partial charge in [0.25, 0.3) is 5.91 Å². The normalized spacial score (nSPS) is 13.5. The molecule has 0 radical (unpaired) electrons. The predicted molar refractivity (Wildman–Crippen MR) is 65.5 cm³/mol. The SMILES string of the molecule is CCC(C)(OC)C(=O)Nc1ccccc1C#N. The monoisotopic (exact) mass is 232 g/mol. The average molecular weight is 232 g/mol. The second-order valence-electron chi connectivity index (χ2n) is 3.90. The lowest BCUT2D eigenvalue weighted by Gasteiger charge is -2.25. The van der Waals surface area contributed by atoms with Crippen molar-refractivity contribution in [2.24, 2.45) is 0 Å². The molecule has 90 valence electrons.